The SMILES string of the molecule is COc1cc(=O)n2c(c1C(=O)Nc1ccc(C(F)(F)F)cc1)CCCCC2. The Balaban J connectivity index is 1.96. The Kier molecular flexibility index (Phi) is 5.25. The summed E-state index contributed by atoms with van der Waals surface area (Å²) in [6.07, 6.45) is -1.25. The monoisotopic (exact) mass is 380 g/mol. The van der Waals surface area contributed by atoms with Gasteiger partial charge >= 0.3 is 6.18 Å². The second kappa shape index (κ2) is 7.46. The Morgan fingerprint density at radius 3 is 2.48 bits per heavy atom. The molecular weight excluding hydrogens is 361 g/mol. The zero-order valence-corrected chi connectivity index (χ0v) is 14.7. The van der Waals surface area contributed by atoms with Gasteiger partial charge in [-0.2, -0.15) is 13.2 Å². The Morgan fingerprint density at radius 1 is 1.15 bits per heavy atom. The van der Waals surface area contributed by atoms with E-state index >= 15 is 0 Å². The van der Waals surface area contributed by atoms with Crippen molar-refractivity contribution in [1.29, 1.82) is 0 Å². The van der Waals surface area contributed by atoms with Crippen LogP contribution in [0, 0.1) is 0 Å². The Bertz CT molecular complexity index is 902. The molecule has 0 spiro atoms. The van der Waals surface area contributed by atoms with Gasteiger partial charge in [0.15, 0.2) is 0 Å². The van der Waals surface area contributed by atoms with Crippen LogP contribution in [0.5, 0.6) is 5.75 Å². The van der Waals surface area contributed by atoms with Crippen molar-refractivity contribution in [2.75, 3.05) is 12.4 Å². The van der Waals surface area contributed by atoms with E-state index in [1.54, 1.807) is 4.57 Å². The maximum atomic E-state index is 12.8. The first-order chi connectivity index (χ1) is 12.8. The van der Waals surface area contributed by atoms with E-state index in [1.807, 2.05) is 0 Å². The number of amides is 1. The number of hydrogen-bond donors (Lipinski definition) is 1. The van der Waals surface area contributed by atoms with Crippen molar-refractivity contribution in [1.82, 2.24) is 4.57 Å². The third kappa shape index (κ3) is 3.99. The summed E-state index contributed by atoms with van der Waals surface area (Å²) in [6, 6.07) is 5.48. The van der Waals surface area contributed by atoms with Crippen molar-refractivity contribution >= 4 is 11.6 Å². The lowest BCUT2D eigenvalue weighted by molar-refractivity contribution is -0.137. The number of carbonyl (C=O) groups excluding carboxylic acids is 1. The summed E-state index contributed by atoms with van der Waals surface area (Å²) in [5, 5.41) is 2.60. The van der Waals surface area contributed by atoms with Crippen LogP contribution in [0.3, 0.4) is 0 Å². The van der Waals surface area contributed by atoms with E-state index in [0.717, 1.165) is 31.4 Å². The van der Waals surface area contributed by atoms with Gasteiger partial charge in [0.25, 0.3) is 11.5 Å². The lowest BCUT2D eigenvalue weighted by Crippen LogP contribution is -2.27. The maximum absolute atomic E-state index is 12.8. The molecule has 1 aliphatic heterocycles. The number of alkyl halides is 3. The van der Waals surface area contributed by atoms with E-state index in [9.17, 15) is 22.8 Å². The van der Waals surface area contributed by atoms with Gasteiger partial charge in [-0.05, 0) is 43.5 Å². The third-order valence-corrected chi connectivity index (χ3v) is 4.59. The lowest BCUT2D eigenvalue weighted by atomic mass is 10.1. The number of aromatic nitrogens is 1. The second-order valence-electron chi connectivity index (χ2n) is 6.36. The van der Waals surface area contributed by atoms with Crippen LogP contribution in [0.15, 0.2) is 35.1 Å². The highest BCUT2D eigenvalue weighted by Crippen LogP contribution is 2.30. The Labute approximate surface area is 153 Å². The molecule has 1 N–H and O–H groups in total. The zero-order valence-electron chi connectivity index (χ0n) is 14.7. The number of benzene rings is 1. The molecule has 0 aliphatic carbocycles. The average Bonchev–Trinajstić information content (AvgIpc) is 2.87. The standard InChI is InChI=1S/C19H19F3N2O3/c1-27-15-11-16(25)24-10-4-2-3-5-14(24)17(15)18(26)23-13-8-6-12(7-9-13)19(20,21)22/h6-9,11H,2-5,10H2,1H3,(H,23,26). The number of halogens is 3. The fraction of sp³-hybridized carbons (Fsp3) is 0.368. The zero-order chi connectivity index (χ0) is 19.6. The Hall–Kier alpha value is -2.77. The van der Waals surface area contributed by atoms with Gasteiger partial charge in [-0.25, -0.2) is 0 Å². The second-order valence-corrected chi connectivity index (χ2v) is 6.36. The molecule has 0 unspecified atom stereocenters. The molecule has 1 aromatic heterocycles. The molecule has 0 bridgehead atoms. The van der Waals surface area contributed by atoms with Gasteiger partial charge in [-0.15, -0.1) is 0 Å². The molecule has 2 aromatic rings. The number of rotatable bonds is 3. The summed E-state index contributed by atoms with van der Waals surface area (Å²) in [5.74, 6) is -0.352. The fourth-order valence-corrected chi connectivity index (χ4v) is 3.26. The van der Waals surface area contributed by atoms with Crippen LogP contribution in [0.1, 0.15) is 40.9 Å². The molecule has 0 fully saturated rings. The van der Waals surface area contributed by atoms with Gasteiger partial charge in [-0.1, -0.05) is 6.42 Å². The van der Waals surface area contributed by atoms with Crippen molar-refractivity contribution in [3.05, 3.63) is 57.5 Å². The van der Waals surface area contributed by atoms with Crippen molar-refractivity contribution < 1.29 is 22.7 Å². The van der Waals surface area contributed by atoms with E-state index in [0.29, 0.717) is 18.7 Å². The van der Waals surface area contributed by atoms with E-state index in [1.165, 1.54) is 25.3 Å². The minimum absolute atomic E-state index is 0.164. The highest BCUT2D eigenvalue weighted by Gasteiger charge is 2.30. The van der Waals surface area contributed by atoms with E-state index in [2.05, 4.69) is 5.32 Å². The number of anilines is 1. The molecule has 3 rings (SSSR count). The molecule has 0 saturated carbocycles. The molecule has 2 heterocycles. The number of hydrogen-bond acceptors (Lipinski definition) is 3. The minimum Gasteiger partial charge on any atom is -0.496 e. The molecule has 27 heavy (non-hydrogen) atoms. The predicted molar refractivity (Wildman–Crippen MR) is 94.2 cm³/mol. The van der Waals surface area contributed by atoms with Gasteiger partial charge in [0.2, 0.25) is 0 Å². The van der Waals surface area contributed by atoms with E-state index < -0.39 is 17.6 Å². The number of carbonyl (C=O) groups is 1. The van der Waals surface area contributed by atoms with Crippen LogP contribution in [0.4, 0.5) is 18.9 Å². The quantitative estimate of drug-likeness (QED) is 0.880. The molecular formula is C19H19F3N2O3. The highest BCUT2D eigenvalue weighted by atomic mass is 19.4. The van der Waals surface area contributed by atoms with Crippen LogP contribution in [0.2, 0.25) is 0 Å². The van der Waals surface area contributed by atoms with Crippen LogP contribution in [-0.4, -0.2) is 17.6 Å². The summed E-state index contributed by atoms with van der Waals surface area (Å²) in [4.78, 5) is 25.1. The van der Waals surface area contributed by atoms with Gasteiger partial charge in [0, 0.05) is 24.0 Å². The van der Waals surface area contributed by atoms with Crippen molar-refractivity contribution in [3.8, 4) is 5.75 Å². The molecule has 0 atom stereocenters. The summed E-state index contributed by atoms with van der Waals surface area (Å²) >= 11 is 0. The van der Waals surface area contributed by atoms with Gasteiger partial charge < -0.3 is 14.6 Å². The van der Waals surface area contributed by atoms with Gasteiger partial charge in [0.1, 0.15) is 11.3 Å². The number of nitrogens with zero attached hydrogens (tertiary/aromatic N) is 1. The van der Waals surface area contributed by atoms with Crippen LogP contribution in [0.25, 0.3) is 0 Å². The Morgan fingerprint density at radius 2 is 1.85 bits per heavy atom. The first kappa shape index (κ1) is 19.0. The third-order valence-electron chi connectivity index (χ3n) is 4.59. The first-order valence-electron chi connectivity index (χ1n) is 8.60. The minimum atomic E-state index is -4.44. The molecule has 1 aliphatic rings. The van der Waals surface area contributed by atoms with E-state index in [-0.39, 0.29) is 22.6 Å². The highest BCUT2D eigenvalue weighted by molar-refractivity contribution is 6.07. The van der Waals surface area contributed by atoms with Crippen LogP contribution < -0.4 is 15.6 Å². The van der Waals surface area contributed by atoms with E-state index in [4.69, 9.17) is 4.74 Å². The molecule has 0 radical (unpaired) electrons. The lowest BCUT2D eigenvalue weighted by Gasteiger charge is -2.17. The maximum Gasteiger partial charge on any atom is 0.416 e. The molecule has 144 valence electrons. The number of pyridine rings is 1. The summed E-state index contributed by atoms with van der Waals surface area (Å²) in [5.41, 5.74) is 0.0572. The number of nitrogens with one attached hydrogen (secondary N) is 1. The summed E-state index contributed by atoms with van der Waals surface area (Å²) in [6.45, 7) is 0.527. The molecule has 1 amide bonds. The van der Waals surface area contributed by atoms with Crippen molar-refractivity contribution in [2.45, 2.75) is 38.4 Å². The fourth-order valence-electron chi connectivity index (χ4n) is 3.26. The molecule has 5 nitrogen and oxygen atoms in total. The number of methoxy groups -OCH3 is 1. The first-order valence-corrected chi connectivity index (χ1v) is 8.60. The largest absolute Gasteiger partial charge is 0.496 e. The number of fused-ring (bicyclic) bond motifs is 1. The average molecular weight is 380 g/mol. The summed E-state index contributed by atoms with van der Waals surface area (Å²) < 4.78 is 44.8. The van der Waals surface area contributed by atoms with Crippen LogP contribution >= 0.6 is 0 Å². The van der Waals surface area contributed by atoms with Gasteiger partial charge in [-0.3, -0.25) is 9.59 Å². The van der Waals surface area contributed by atoms with Crippen LogP contribution in [-0.2, 0) is 19.1 Å². The summed E-state index contributed by atoms with van der Waals surface area (Å²) in [7, 11) is 1.37. The van der Waals surface area contributed by atoms with Crippen molar-refractivity contribution in [3.63, 3.8) is 0 Å². The molecule has 0 saturated heterocycles. The normalized spacial score (nSPS) is 14.2. The predicted octanol–water partition coefficient (Wildman–Crippen LogP) is 3.85. The molecule has 1 aromatic carbocycles. The van der Waals surface area contributed by atoms with Gasteiger partial charge in [0.05, 0.1) is 12.7 Å². The van der Waals surface area contributed by atoms with Crippen molar-refractivity contribution in [2.24, 2.45) is 0 Å². The number of ether oxygens (including phenoxy) is 1. The molecule has 8 heteroatoms. The smallest absolute Gasteiger partial charge is 0.416 e. The topological polar surface area (TPSA) is 60.3 Å².